The summed E-state index contributed by atoms with van der Waals surface area (Å²) in [5.74, 6) is -0.0620. The van der Waals surface area contributed by atoms with Crippen LogP contribution in [0.15, 0.2) is 18.2 Å². The Morgan fingerprint density at radius 2 is 1.85 bits per heavy atom. The number of ether oxygens (including phenoxy) is 1. The van der Waals surface area contributed by atoms with Gasteiger partial charge in [-0.1, -0.05) is 11.6 Å². The molecule has 1 N–H and O–H groups in total. The summed E-state index contributed by atoms with van der Waals surface area (Å²) in [6.07, 6.45) is 2.14. The molecule has 4 rings (SSSR count). The second kappa shape index (κ2) is 8.04. The Kier molecular flexibility index (Phi) is 5.52. The van der Waals surface area contributed by atoms with E-state index in [9.17, 15) is 9.59 Å². The maximum Gasteiger partial charge on any atom is 0.321 e. The number of piperazine rings is 1. The molecule has 0 saturated carbocycles. The third-order valence-electron chi connectivity index (χ3n) is 5.66. The number of hydrogen-bond acceptors (Lipinski definition) is 4. The number of anilines is 1. The number of urea groups is 1. The van der Waals surface area contributed by atoms with Crippen LogP contribution in [0.3, 0.4) is 0 Å². The van der Waals surface area contributed by atoms with Crippen LogP contribution in [0.25, 0.3) is 0 Å². The van der Waals surface area contributed by atoms with Crippen molar-refractivity contribution in [1.82, 2.24) is 15.1 Å². The second-order valence-electron chi connectivity index (χ2n) is 7.22. The maximum absolute atomic E-state index is 13.0. The van der Waals surface area contributed by atoms with Crippen molar-refractivity contribution in [1.29, 1.82) is 0 Å². The molecule has 0 aliphatic carbocycles. The summed E-state index contributed by atoms with van der Waals surface area (Å²) in [5, 5.41) is 3.20. The Morgan fingerprint density at radius 1 is 1.11 bits per heavy atom. The van der Waals surface area contributed by atoms with E-state index < -0.39 is 0 Å². The molecule has 3 heterocycles. The Hall–Kier alpha value is -1.83. The number of carbonyl (C=O) groups is 2. The number of nitrogens with zero attached hydrogens (tertiary/aromatic N) is 3. The van der Waals surface area contributed by atoms with Crippen LogP contribution >= 0.6 is 11.6 Å². The van der Waals surface area contributed by atoms with Gasteiger partial charge in [0, 0.05) is 64.2 Å². The molecule has 0 radical (unpaired) electrons. The van der Waals surface area contributed by atoms with E-state index in [1.54, 1.807) is 23.1 Å². The predicted octanol–water partition coefficient (Wildman–Crippen LogP) is 1.81. The predicted molar refractivity (Wildman–Crippen MR) is 104 cm³/mol. The number of carbonyl (C=O) groups excluding carboxylic acids is 2. The highest BCUT2D eigenvalue weighted by Gasteiger charge is 2.29. The zero-order chi connectivity index (χ0) is 18.8. The molecule has 0 atom stereocenters. The molecule has 1 aromatic carbocycles. The minimum atomic E-state index is -0.138. The lowest BCUT2D eigenvalue weighted by atomic mass is 10.1. The monoisotopic (exact) mass is 392 g/mol. The highest BCUT2D eigenvalue weighted by molar-refractivity contribution is 6.34. The summed E-state index contributed by atoms with van der Waals surface area (Å²) < 4.78 is 5.44. The molecule has 8 heteroatoms. The smallest absolute Gasteiger partial charge is 0.321 e. The first-order valence-corrected chi connectivity index (χ1v) is 9.97. The number of rotatable bonds is 3. The SMILES string of the molecule is O=C(c1cc(N2CCNC2=O)ccc1Cl)N1CCN(C2CCOCC2)CC1. The Balaban J connectivity index is 1.43. The molecule has 3 fully saturated rings. The molecule has 7 nitrogen and oxygen atoms in total. The summed E-state index contributed by atoms with van der Waals surface area (Å²) in [5.41, 5.74) is 1.17. The molecule has 0 spiro atoms. The van der Waals surface area contributed by atoms with Gasteiger partial charge in [-0.15, -0.1) is 0 Å². The van der Waals surface area contributed by atoms with Crippen molar-refractivity contribution in [2.45, 2.75) is 18.9 Å². The van der Waals surface area contributed by atoms with Crippen molar-refractivity contribution >= 4 is 29.2 Å². The highest BCUT2D eigenvalue weighted by atomic mass is 35.5. The van der Waals surface area contributed by atoms with E-state index in [0.29, 0.717) is 48.5 Å². The van der Waals surface area contributed by atoms with Crippen LogP contribution < -0.4 is 10.2 Å². The van der Waals surface area contributed by atoms with Gasteiger partial charge in [0.25, 0.3) is 5.91 Å². The highest BCUT2D eigenvalue weighted by Crippen LogP contribution is 2.26. The first kappa shape index (κ1) is 18.5. The molecule has 146 valence electrons. The lowest BCUT2D eigenvalue weighted by molar-refractivity contribution is 0.0137. The number of hydrogen-bond donors (Lipinski definition) is 1. The maximum atomic E-state index is 13.0. The first-order chi connectivity index (χ1) is 13.1. The van der Waals surface area contributed by atoms with Gasteiger partial charge < -0.3 is 15.0 Å². The summed E-state index contributed by atoms with van der Waals surface area (Å²) in [6, 6.07) is 5.65. The van der Waals surface area contributed by atoms with Crippen molar-refractivity contribution in [2.75, 3.05) is 57.4 Å². The van der Waals surface area contributed by atoms with Gasteiger partial charge in [-0.05, 0) is 31.0 Å². The molecule has 1 aromatic rings. The van der Waals surface area contributed by atoms with Crippen LogP contribution in [0.5, 0.6) is 0 Å². The van der Waals surface area contributed by atoms with E-state index in [4.69, 9.17) is 16.3 Å². The minimum absolute atomic E-state index is 0.0620. The van der Waals surface area contributed by atoms with Crippen LogP contribution in [0.2, 0.25) is 5.02 Å². The number of nitrogens with one attached hydrogen (secondary N) is 1. The van der Waals surface area contributed by atoms with E-state index in [1.807, 2.05) is 4.90 Å². The fourth-order valence-corrected chi connectivity index (χ4v) is 4.27. The van der Waals surface area contributed by atoms with Crippen molar-refractivity contribution in [2.24, 2.45) is 0 Å². The van der Waals surface area contributed by atoms with Crippen LogP contribution in [-0.4, -0.2) is 80.3 Å². The first-order valence-electron chi connectivity index (χ1n) is 9.59. The van der Waals surface area contributed by atoms with Crippen molar-refractivity contribution in [3.63, 3.8) is 0 Å². The van der Waals surface area contributed by atoms with Gasteiger partial charge in [0.2, 0.25) is 0 Å². The normalized spacial score (nSPS) is 22.2. The van der Waals surface area contributed by atoms with Crippen molar-refractivity contribution in [3.05, 3.63) is 28.8 Å². The van der Waals surface area contributed by atoms with Gasteiger partial charge in [-0.2, -0.15) is 0 Å². The van der Waals surface area contributed by atoms with Crippen LogP contribution in [0, 0.1) is 0 Å². The zero-order valence-electron chi connectivity index (χ0n) is 15.3. The van der Waals surface area contributed by atoms with Gasteiger partial charge in [-0.3, -0.25) is 14.6 Å². The van der Waals surface area contributed by atoms with Crippen molar-refractivity contribution < 1.29 is 14.3 Å². The van der Waals surface area contributed by atoms with Gasteiger partial charge in [0.05, 0.1) is 10.6 Å². The minimum Gasteiger partial charge on any atom is -0.381 e. The van der Waals surface area contributed by atoms with E-state index in [0.717, 1.165) is 39.1 Å². The second-order valence-corrected chi connectivity index (χ2v) is 7.63. The lowest BCUT2D eigenvalue weighted by Gasteiger charge is -2.40. The molecular formula is C19H25ClN4O3. The van der Waals surface area contributed by atoms with E-state index in [2.05, 4.69) is 10.2 Å². The van der Waals surface area contributed by atoms with Gasteiger partial charge in [-0.25, -0.2) is 4.79 Å². The Labute approximate surface area is 164 Å². The molecule has 3 saturated heterocycles. The van der Waals surface area contributed by atoms with Crippen LogP contribution in [0.1, 0.15) is 23.2 Å². The van der Waals surface area contributed by atoms with Gasteiger partial charge >= 0.3 is 6.03 Å². The molecular weight excluding hydrogens is 368 g/mol. The van der Waals surface area contributed by atoms with Crippen LogP contribution in [-0.2, 0) is 4.74 Å². The van der Waals surface area contributed by atoms with Gasteiger partial charge in [0.1, 0.15) is 0 Å². The third kappa shape index (κ3) is 3.90. The topological polar surface area (TPSA) is 65.1 Å². The average Bonchev–Trinajstić information content (AvgIpc) is 3.14. The Morgan fingerprint density at radius 3 is 2.52 bits per heavy atom. The fraction of sp³-hybridized carbons (Fsp3) is 0.579. The molecule has 3 aliphatic heterocycles. The zero-order valence-corrected chi connectivity index (χ0v) is 16.1. The Bertz CT molecular complexity index is 715. The molecule has 0 aromatic heterocycles. The summed E-state index contributed by atoms with van der Waals surface area (Å²) >= 11 is 6.31. The van der Waals surface area contributed by atoms with Crippen LogP contribution in [0.4, 0.5) is 10.5 Å². The molecule has 0 unspecified atom stereocenters. The standard InChI is InChI=1S/C19H25ClN4O3/c20-17-2-1-15(24-6-5-21-19(24)26)13-16(17)18(25)23-9-7-22(8-10-23)14-3-11-27-12-4-14/h1-2,13-14H,3-12H2,(H,21,26). The third-order valence-corrected chi connectivity index (χ3v) is 5.99. The number of halogens is 1. The van der Waals surface area contributed by atoms with E-state index in [1.165, 1.54) is 0 Å². The molecule has 3 amide bonds. The number of benzene rings is 1. The lowest BCUT2D eigenvalue weighted by Crippen LogP contribution is -2.53. The molecule has 0 bridgehead atoms. The number of amides is 3. The summed E-state index contributed by atoms with van der Waals surface area (Å²) in [6.45, 7) is 6.01. The van der Waals surface area contributed by atoms with E-state index >= 15 is 0 Å². The fourth-order valence-electron chi connectivity index (χ4n) is 4.07. The van der Waals surface area contributed by atoms with E-state index in [-0.39, 0.29) is 11.9 Å². The average molecular weight is 393 g/mol. The quantitative estimate of drug-likeness (QED) is 0.852. The molecule has 27 heavy (non-hydrogen) atoms. The van der Waals surface area contributed by atoms with Gasteiger partial charge in [0.15, 0.2) is 0 Å². The summed E-state index contributed by atoms with van der Waals surface area (Å²) in [4.78, 5) is 30.9. The summed E-state index contributed by atoms with van der Waals surface area (Å²) in [7, 11) is 0. The molecule has 3 aliphatic rings. The largest absolute Gasteiger partial charge is 0.381 e. The van der Waals surface area contributed by atoms with Crippen molar-refractivity contribution in [3.8, 4) is 0 Å².